The van der Waals surface area contributed by atoms with E-state index in [1.54, 1.807) is 0 Å². The van der Waals surface area contributed by atoms with Gasteiger partial charge in [0, 0.05) is 62.5 Å². The number of nitrogens with one attached hydrogen (secondary N) is 1. The number of rotatable bonds is 6. The molecule has 7 rings (SSSR count). The molecule has 1 aromatic heterocycles. The maximum Gasteiger partial charge on any atom is 0.254 e. The highest BCUT2D eigenvalue weighted by atomic mass is 16.5. The average Bonchev–Trinajstić information content (AvgIpc) is 3.55. The lowest BCUT2D eigenvalue weighted by atomic mass is 9.83. The number of benzene rings is 2. The van der Waals surface area contributed by atoms with Gasteiger partial charge < -0.3 is 19.7 Å². The molecule has 0 saturated carbocycles. The molecule has 0 spiro atoms. The van der Waals surface area contributed by atoms with Gasteiger partial charge in [-0.2, -0.15) is 0 Å². The van der Waals surface area contributed by atoms with Crippen molar-refractivity contribution in [3.63, 3.8) is 0 Å². The van der Waals surface area contributed by atoms with Crippen LogP contribution in [0.15, 0.2) is 48.7 Å². The number of fused-ring (bicyclic) bond motifs is 2. The number of aromatic nitrogens is 1. The summed E-state index contributed by atoms with van der Waals surface area (Å²) >= 11 is 0. The maximum absolute atomic E-state index is 13.0. The van der Waals surface area contributed by atoms with Crippen LogP contribution in [0.3, 0.4) is 0 Å². The smallest absolute Gasteiger partial charge is 0.254 e. The number of carbonyl (C=O) groups is 1. The monoisotopic (exact) mass is 554 g/mol. The summed E-state index contributed by atoms with van der Waals surface area (Å²) < 4.78 is 12.4. The van der Waals surface area contributed by atoms with E-state index in [1.165, 1.54) is 16.3 Å². The molecule has 41 heavy (non-hydrogen) atoms. The van der Waals surface area contributed by atoms with Crippen LogP contribution in [0, 0.1) is 0 Å². The van der Waals surface area contributed by atoms with Gasteiger partial charge in [0.25, 0.3) is 5.91 Å². The number of piperidine rings is 1. The molecule has 0 aliphatic carbocycles. The number of likely N-dealkylation sites (tertiary alicyclic amines) is 1. The topological polar surface area (TPSA) is 66.9 Å². The van der Waals surface area contributed by atoms with Crippen molar-refractivity contribution in [2.75, 3.05) is 32.8 Å². The minimum absolute atomic E-state index is 0.0511. The Kier molecular flexibility index (Phi) is 7.21. The van der Waals surface area contributed by atoms with Gasteiger partial charge in [-0.15, -0.1) is 0 Å². The van der Waals surface area contributed by atoms with E-state index in [1.807, 2.05) is 23.2 Å². The van der Waals surface area contributed by atoms with Gasteiger partial charge in [0.2, 0.25) is 0 Å². The molecule has 7 nitrogen and oxygen atoms in total. The fourth-order valence-corrected chi connectivity index (χ4v) is 7.31. The summed E-state index contributed by atoms with van der Waals surface area (Å²) in [5.74, 6) is 1.59. The molecule has 0 radical (unpaired) electrons. The SMILES string of the molecule is CC1(C)C[C@@H](c2ccc3cc(CN4CC[C@H](Oc5ccc6c(c5)CN([C@H]5CCCNC5)C6=O)C4)ncc3c2)CCO1. The van der Waals surface area contributed by atoms with Gasteiger partial charge in [0.15, 0.2) is 0 Å². The number of hydrogen-bond donors (Lipinski definition) is 1. The largest absolute Gasteiger partial charge is 0.489 e. The van der Waals surface area contributed by atoms with Gasteiger partial charge in [0.1, 0.15) is 11.9 Å². The van der Waals surface area contributed by atoms with Gasteiger partial charge in [0.05, 0.1) is 11.3 Å². The highest BCUT2D eigenvalue weighted by molar-refractivity contribution is 5.98. The van der Waals surface area contributed by atoms with Gasteiger partial charge >= 0.3 is 0 Å². The second-order valence-electron chi connectivity index (χ2n) is 13.1. The molecule has 5 heterocycles. The Morgan fingerprint density at radius 2 is 2.02 bits per heavy atom. The molecule has 1 N–H and O–H groups in total. The predicted octanol–water partition coefficient (Wildman–Crippen LogP) is 5.27. The van der Waals surface area contributed by atoms with Crippen molar-refractivity contribution in [1.82, 2.24) is 20.1 Å². The molecule has 3 atom stereocenters. The molecule has 4 aliphatic heterocycles. The predicted molar refractivity (Wildman–Crippen MR) is 160 cm³/mol. The van der Waals surface area contributed by atoms with Crippen LogP contribution in [0.2, 0.25) is 0 Å². The standard InChI is InChI=1S/C34H42N4O3/c1-34(2)17-25(10-13-40-34)23-5-6-24-15-28(36-18-26(24)14-23)21-37-12-9-31(22-37)41-30-7-8-32-27(16-30)20-38(33(32)39)29-4-3-11-35-19-29/h5-8,14-16,18,25,29,31,35H,3-4,9-13,17,19-22H2,1-2H3/t25-,29-,31-/m0/s1. The van der Waals surface area contributed by atoms with Crippen molar-refractivity contribution in [1.29, 1.82) is 0 Å². The van der Waals surface area contributed by atoms with Crippen LogP contribution in [-0.4, -0.2) is 71.2 Å². The van der Waals surface area contributed by atoms with E-state index in [4.69, 9.17) is 14.5 Å². The van der Waals surface area contributed by atoms with Crippen molar-refractivity contribution in [3.8, 4) is 5.75 Å². The second-order valence-corrected chi connectivity index (χ2v) is 13.1. The highest BCUT2D eigenvalue weighted by Gasteiger charge is 2.34. The number of hydrogen-bond acceptors (Lipinski definition) is 6. The summed E-state index contributed by atoms with van der Waals surface area (Å²) in [6.07, 6.45) is 7.53. The maximum atomic E-state index is 13.0. The van der Waals surface area contributed by atoms with Crippen molar-refractivity contribution in [2.45, 2.75) is 82.7 Å². The first-order chi connectivity index (χ1) is 19.9. The lowest BCUT2D eigenvalue weighted by molar-refractivity contribution is -0.0592. The normalized spacial score (nSPS) is 26.4. The lowest BCUT2D eigenvalue weighted by Gasteiger charge is -2.35. The molecule has 4 aliphatic rings. The molecule has 0 unspecified atom stereocenters. The Morgan fingerprint density at radius 3 is 2.88 bits per heavy atom. The number of pyridine rings is 1. The van der Waals surface area contributed by atoms with Crippen LogP contribution in [0.1, 0.15) is 79.0 Å². The van der Waals surface area contributed by atoms with Crippen molar-refractivity contribution in [2.24, 2.45) is 0 Å². The van der Waals surface area contributed by atoms with E-state index >= 15 is 0 Å². The van der Waals surface area contributed by atoms with Crippen molar-refractivity contribution >= 4 is 16.7 Å². The fraction of sp³-hybridized carbons (Fsp3) is 0.529. The zero-order valence-corrected chi connectivity index (χ0v) is 24.4. The van der Waals surface area contributed by atoms with E-state index in [-0.39, 0.29) is 17.6 Å². The minimum atomic E-state index is -0.0511. The van der Waals surface area contributed by atoms with Crippen LogP contribution < -0.4 is 10.1 Å². The van der Waals surface area contributed by atoms with Crippen molar-refractivity contribution in [3.05, 3.63) is 71.0 Å². The molecule has 7 heteroatoms. The molecular weight excluding hydrogens is 512 g/mol. The highest BCUT2D eigenvalue weighted by Crippen LogP contribution is 2.37. The molecule has 216 valence electrons. The minimum Gasteiger partial charge on any atom is -0.489 e. The summed E-state index contributed by atoms with van der Waals surface area (Å²) in [5, 5.41) is 5.90. The molecule has 3 fully saturated rings. The van der Waals surface area contributed by atoms with Crippen LogP contribution in [0.5, 0.6) is 5.75 Å². The molecule has 2 aromatic carbocycles. The average molecular weight is 555 g/mol. The molecule has 0 bridgehead atoms. The first-order valence-electron chi connectivity index (χ1n) is 15.5. The Hall–Kier alpha value is -3.00. The molecule has 3 aromatic rings. The Bertz CT molecular complexity index is 1430. The zero-order chi connectivity index (χ0) is 28.0. The summed E-state index contributed by atoms with van der Waals surface area (Å²) in [5.41, 5.74) is 4.38. The third-order valence-corrected chi connectivity index (χ3v) is 9.51. The summed E-state index contributed by atoms with van der Waals surface area (Å²) in [7, 11) is 0. The molecular formula is C34H42N4O3. The Morgan fingerprint density at radius 1 is 1.10 bits per heavy atom. The second kappa shape index (κ2) is 11.0. The fourth-order valence-electron chi connectivity index (χ4n) is 7.31. The Balaban J connectivity index is 0.956. The van der Waals surface area contributed by atoms with E-state index < -0.39 is 0 Å². The number of carbonyl (C=O) groups excluding carboxylic acids is 1. The van der Waals surface area contributed by atoms with E-state index in [0.29, 0.717) is 18.5 Å². The molecule has 3 saturated heterocycles. The van der Waals surface area contributed by atoms with Gasteiger partial charge in [-0.1, -0.05) is 12.1 Å². The Labute approximate surface area is 243 Å². The molecule has 1 amide bonds. The van der Waals surface area contributed by atoms with E-state index in [2.05, 4.69) is 54.4 Å². The van der Waals surface area contributed by atoms with Crippen LogP contribution in [0.4, 0.5) is 0 Å². The summed E-state index contributed by atoms with van der Waals surface area (Å²) in [6, 6.07) is 15.5. The zero-order valence-electron chi connectivity index (χ0n) is 24.4. The van der Waals surface area contributed by atoms with E-state index in [9.17, 15) is 4.79 Å². The quantitative estimate of drug-likeness (QED) is 0.448. The third kappa shape index (κ3) is 5.72. The first kappa shape index (κ1) is 26.9. The van der Waals surface area contributed by atoms with Crippen LogP contribution in [0.25, 0.3) is 10.8 Å². The number of ether oxygens (including phenoxy) is 2. The van der Waals surface area contributed by atoms with Gasteiger partial charge in [-0.3, -0.25) is 14.7 Å². The van der Waals surface area contributed by atoms with E-state index in [0.717, 1.165) is 94.0 Å². The third-order valence-electron chi connectivity index (χ3n) is 9.51. The summed E-state index contributed by atoms with van der Waals surface area (Å²) in [4.78, 5) is 22.3. The summed E-state index contributed by atoms with van der Waals surface area (Å²) in [6.45, 7) is 10.6. The van der Waals surface area contributed by atoms with Crippen LogP contribution in [-0.2, 0) is 17.8 Å². The number of amides is 1. The van der Waals surface area contributed by atoms with Crippen LogP contribution >= 0.6 is 0 Å². The van der Waals surface area contributed by atoms with Gasteiger partial charge in [-0.25, -0.2) is 0 Å². The van der Waals surface area contributed by atoms with Gasteiger partial charge in [-0.05, 0) is 105 Å². The van der Waals surface area contributed by atoms with Crippen molar-refractivity contribution < 1.29 is 14.3 Å². The first-order valence-corrected chi connectivity index (χ1v) is 15.5. The number of nitrogens with zero attached hydrogens (tertiary/aromatic N) is 3. The lowest BCUT2D eigenvalue weighted by Crippen LogP contribution is -2.46.